The third kappa shape index (κ3) is 10.9. The zero-order valence-electron chi connectivity index (χ0n) is 22.2. The van der Waals surface area contributed by atoms with E-state index >= 15 is 0 Å². The van der Waals surface area contributed by atoms with Gasteiger partial charge >= 0.3 is 0 Å². The number of benzene rings is 2. The molecule has 3 unspecified atom stereocenters. The van der Waals surface area contributed by atoms with E-state index in [1.807, 2.05) is 48.5 Å². The van der Waals surface area contributed by atoms with Crippen molar-refractivity contribution in [2.24, 2.45) is 0 Å². The molecule has 0 bridgehead atoms. The third-order valence-electron chi connectivity index (χ3n) is 6.58. The van der Waals surface area contributed by atoms with Gasteiger partial charge in [-0.3, -0.25) is 14.8 Å². The summed E-state index contributed by atoms with van der Waals surface area (Å²) in [5, 5.41) is 29.9. The second kappa shape index (κ2) is 17.3. The molecule has 2 amide bonds. The van der Waals surface area contributed by atoms with Crippen LogP contribution in [0.3, 0.4) is 0 Å². The van der Waals surface area contributed by atoms with Gasteiger partial charge in [-0.25, -0.2) is 5.48 Å². The van der Waals surface area contributed by atoms with Crippen molar-refractivity contribution in [2.45, 2.75) is 76.6 Å². The average Bonchev–Trinajstić information content (AvgIpc) is 2.98. The van der Waals surface area contributed by atoms with Crippen LogP contribution in [0.1, 0.15) is 79.6 Å². The molecule has 9 nitrogen and oxygen atoms in total. The standard InChI is InChI=1S/C29H40N2O7S/c32-15-16-39-20-25-17-26(23-11-9-22(19-33)10-12-23)38-29(37-25)24-13-7-21(8-14-24)18-30-27(34)5-3-1-2-4-6-28(35)31-36/h7-14,25-26,29,32-33,36H,1-6,15-20H2,(H,30,34)(H,31,35). The quantitative estimate of drug-likeness (QED) is 0.118. The number of ether oxygens (including phenoxy) is 2. The maximum atomic E-state index is 12.2. The minimum Gasteiger partial charge on any atom is -0.396 e. The molecule has 1 aliphatic rings. The van der Waals surface area contributed by atoms with Gasteiger partial charge in [-0.1, -0.05) is 61.4 Å². The number of nitrogens with one attached hydrogen (secondary N) is 2. The Labute approximate surface area is 234 Å². The predicted octanol–water partition coefficient (Wildman–Crippen LogP) is 3.91. The number of hydrogen-bond acceptors (Lipinski definition) is 8. The summed E-state index contributed by atoms with van der Waals surface area (Å²) in [7, 11) is 0. The molecule has 10 heteroatoms. The van der Waals surface area contributed by atoms with Crippen molar-refractivity contribution in [3.8, 4) is 0 Å². The highest BCUT2D eigenvalue weighted by Gasteiger charge is 2.32. The molecule has 1 heterocycles. The zero-order chi connectivity index (χ0) is 27.9. The van der Waals surface area contributed by atoms with Gasteiger partial charge in [-0.15, -0.1) is 0 Å². The molecule has 0 saturated carbocycles. The van der Waals surface area contributed by atoms with Gasteiger partial charge in [-0.05, 0) is 29.5 Å². The zero-order valence-corrected chi connectivity index (χ0v) is 23.0. The predicted molar refractivity (Wildman–Crippen MR) is 149 cm³/mol. The molecule has 2 aromatic carbocycles. The van der Waals surface area contributed by atoms with Crippen molar-refractivity contribution in [1.29, 1.82) is 0 Å². The van der Waals surface area contributed by atoms with Crippen molar-refractivity contribution in [3.63, 3.8) is 0 Å². The number of aliphatic hydroxyl groups is 2. The number of amides is 2. The number of carbonyl (C=O) groups excluding carboxylic acids is 2. The number of carbonyl (C=O) groups is 2. The Morgan fingerprint density at radius 1 is 0.846 bits per heavy atom. The van der Waals surface area contributed by atoms with Crippen LogP contribution in [0.15, 0.2) is 48.5 Å². The second-order valence-corrected chi connectivity index (χ2v) is 10.8. The van der Waals surface area contributed by atoms with Gasteiger partial charge in [0, 0.05) is 42.9 Å². The van der Waals surface area contributed by atoms with E-state index in [-0.39, 0.29) is 43.7 Å². The summed E-state index contributed by atoms with van der Waals surface area (Å²) in [5.41, 5.74) is 5.38. The van der Waals surface area contributed by atoms with Crippen LogP contribution in [0, 0.1) is 0 Å². The van der Waals surface area contributed by atoms with E-state index in [0.29, 0.717) is 31.6 Å². The summed E-state index contributed by atoms with van der Waals surface area (Å²) in [6.07, 6.45) is 3.84. The van der Waals surface area contributed by atoms with Crippen LogP contribution in [0.5, 0.6) is 0 Å². The van der Waals surface area contributed by atoms with Gasteiger partial charge in [0.25, 0.3) is 0 Å². The molecular formula is C29H40N2O7S. The highest BCUT2D eigenvalue weighted by molar-refractivity contribution is 7.99. The lowest BCUT2D eigenvalue weighted by Crippen LogP contribution is -2.31. The van der Waals surface area contributed by atoms with E-state index < -0.39 is 6.29 Å². The van der Waals surface area contributed by atoms with Crippen LogP contribution < -0.4 is 10.8 Å². The van der Waals surface area contributed by atoms with E-state index in [9.17, 15) is 14.7 Å². The van der Waals surface area contributed by atoms with Gasteiger partial charge in [0.15, 0.2) is 6.29 Å². The van der Waals surface area contributed by atoms with Gasteiger partial charge in [0.2, 0.25) is 11.8 Å². The number of hydroxylamine groups is 1. The summed E-state index contributed by atoms with van der Waals surface area (Å²) in [6.45, 7) is 0.563. The first-order valence-electron chi connectivity index (χ1n) is 13.5. The first-order valence-corrected chi connectivity index (χ1v) is 14.7. The van der Waals surface area contributed by atoms with Crippen LogP contribution in [-0.4, -0.2) is 51.5 Å². The third-order valence-corrected chi connectivity index (χ3v) is 7.66. The van der Waals surface area contributed by atoms with Crippen molar-refractivity contribution >= 4 is 23.6 Å². The molecule has 1 aliphatic heterocycles. The van der Waals surface area contributed by atoms with Gasteiger partial charge in [0.05, 0.1) is 25.4 Å². The molecule has 0 spiro atoms. The van der Waals surface area contributed by atoms with Crippen molar-refractivity contribution in [1.82, 2.24) is 10.8 Å². The van der Waals surface area contributed by atoms with Gasteiger partial charge < -0.3 is 25.0 Å². The number of thioether (sulfide) groups is 1. The average molecular weight is 561 g/mol. The fourth-order valence-corrected chi connectivity index (χ4v) is 5.14. The first-order chi connectivity index (χ1) is 19.0. The smallest absolute Gasteiger partial charge is 0.243 e. The Kier molecular flexibility index (Phi) is 13.8. The fourth-order valence-electron chi connectivity index (χ4n) is 4.36. The lowest BCUT2D eigenvalue weighted by molar-refractivity contribution is -0.245. The minimum atomic E-state index is -0.534. The van der Waals surface area contributed by atoms with Crippen LogP contribution in [-0.2, 0) is 32.2 Å². The second-order valence-electron chi connectivity index (χ2n) is 9.62. The Hall–Kier alpha value is -2.47. The Morgan fingerprint density at radius 2 is 1.49 bits per heavy atom. The van der Waals surface area contributed by atoms with E-state index in [4.69, 9.17) is 19.8 Å². The number of hydrogen-bond donors (Lipinski definition) is 5. The molecule has 1 saturated heterocycles. The van der Waals surface area contributed by atoms with Crippen LogP contribution in [0.25, 0.3) is 0 Å². The topological polar surface area (TPSA) is 137 Å². The lowest BCUT2D eigenvalue weighted by Gasteiger charge is -2.36. The van der Waals surface area contributed by atoms with E-state index in [2.05, 4.69) is 5.32 Å². The largest absolute Gasteiger partial charge is 0.396 e. The van der Waals surface area contributed by atoms with Gasteiger partial charge in [-0.2, -0.15) is 11.8 Å². The highest BCUT2D eigenvalue weighted by atomic mass is 32.2. The fraction of sp³-hybridized carbons (Fsp3) is 0.517. The molecule has 0 aliphatic carbocycles. The normalized spacial score (nSPS) is 19.0. The van der Waals surface area contributed by atoms with E-state index in [1.54, 1.807) is 17.2 Å². The molecule has 214 valence electrons. The van der Waals surface area contributed by atoms with E-state index in [0.717, 1.165) is 47.3 Å². The molecule has 3 rings (SSSR count). The summed E-state index contributed by atoms with van der Waals surface area (Å²) in [6, 6.07) is 15.6. The SMILES string of the molecule is O=C(CCCCCCC(=O)NCc1ccc(C2OC(CSCCO)CC(c3ccc(CO)cc3)O2)cc1)NO. The van der Waals surface area contributed by atoms with Crippen LogP contribution in [0.2, 0.25) is 0 Å². The highest BCUT2D eigenvalue weighted by Crippen LogP contribution is 2.38. The van der Waals surface area contributed by atoms with Crippen molar-refractivity contribution in [2.75, 3.05) is 18.1 Å². The number of unbranched alkanes of at least 4 members (excludes halogenated alkanes) is 3. The van der Waals surface area contributed by atoms with E-state index in [1.165, 1.54) is 0 Å². The molecule has 0 radical (unpaired) electrons. The summed E-state index contributed by atoms with van der Waals surface area (Å²) in [4.78, 5) is 23.2. The number of rotatable bonds is 16. The summed E-state index contributed by atoms with van der Waals surface area (Å²) >= 11 is 1.65. The molecule has 5 N–H and O–H groups in total. The minimum absolute atomic E-state index is 0.00183. The lowest BCUT2D eigenvalue weighted by atomic mass is 10.0. The molecule has 2 aromatic rings. The molecule has 0 aromatic heterocycles. The number of aliphatic hydroxyl groups excluding tert-OH is 2. The summed E-state index contributed by atoms with van der Waals surface area (Å²) < 4.78 is 12.6. The summed E-state index contributed by atoms with van der Waals surface area (Å²) in [5.74, 6) is 1.02. The van der Waals surface area contributed by atoms with Gasteiger partial charge in [0.1, 0.15) is 0 Å². The Balaban J connectivity index is 1.49. The van der Waals surface area contributed by atoms with Crippen LogP contribution in [0.4, 0.5) is 0 Å². The molecular weight excluding hydrogens is 520 g/mol. The first kappa shape index (κ1) is 31.1. The maximum Gasteiger partial charge on any atom is 0.243 e. The Bertz CT molecular complexity index is 1000. The maximum absolute atomic E-state index is 12.2. The molecule has 39 heavy (non-hydrogen) atoms. The monoisotopic (exact) mass is 560 g/mol. The molecule has 1 fully saturated rings. The van der Waals surface area contributed by atoms with Crippen molar-refractivity contribution < 1.29 is 34.5 Å². The molecule has 3 atom stereocenters. The Morgan fingerprint density at radius 3 is 2.13 bits per heavy atom. The van der Waals surface area contributed by atoms with Crippen molar-refractivity contribution in [3.05, 3.63) is 70.8 Å². The van der Waals surface area contributed by atoms with Crippen LogP contribution >= 0.6 is 11.8 Å².